The second-order valence-electron chi connectivity index (χ2n) is 7.50. The van der Waals surface area contributed by atoms with Crippen LogP contribution in [0.5, 0.6) is 5.75 Å². The molecule has 0 spiro atoms. The van der Waals surface area contributed by atoms with Crippen molar-refractivity contribution in [3.8, 4) is 5.75 Å². The zero-order valence-corrected chi connectivity index (χ0v) is 21.1. The fourth-order valence-electron chi connectivity index (χ4n) is 3.48. The molecule has 3 rings (SSSR count). The van der Waals surface area contributed by atoms with Crippen LogP contribution < -0.4 is 20.3 Å². The molecule has 0 unspecified atom stereocenters. The van der Waals surface area contributed by atoms with Crippen LogP contribution in [0.25, 0.3) is 0 Å². The highest BCUT2D eigenvalue weighted by atomic mass is 127. The molecule has 8 heteroatoms. The van der Waals surface area contributed by atoms with E-state index in [0.717, 1.165) is 68.8 Å². The van der Waals surface area contributed by atoms with Crippen LogP contribution in [0.4, 0.5) is 5.82 Å². The molecule has 1 aromatic heterocycles. The molecular formula is C23H35IN6O. The van der Waals surface area contributed by atoms with Gasteiger partial charge in [0.1, 0.15) is 11.6 Å². The van der Waals surface area contributed by atoms with Crippen LogP contribution in [0.1, 0.15) is 18.1 Å². The Hall–Kier alpha value is -2.07. The Morgan fingerprint density at radius 1 is 1.10 bits per heavy atom. The summed E-state index contributed by atoms with van der Waals surface area (Å²) >= 11 is 0. The number of hydrogen-bond donors (Lipinski definition) is 2. The fourth-order valence-corrected chi connectivity index (χ4v) is 3.48. The van der Waals surface area contributed by atoms with Gasteiger partial charge < -0.3 is 25.2 Å². The molecule has 0 aliphatic carbocycles. The first-order valence-electron chi connectivity index (χ1n) is 10.7. The molecule has 2 N–H and O–H groups in total. The number of guanidine groups is 1. The van der Waals surface area contributed by atoms with Gasteiger partial charge in [0.15, 0.2) is 5.96 Å². The van der Waals surface area contributed by atoms with E-state index in [-0.39, 0.29) is 24.0 Å². The molecule has 2 aromatic rings. The smallest absolute Gasteiger partial charge is 0.191 e. The van der Waals surface area contributed by atoms with Crippen molar-refractivity contribution in [3.63, 3.8) is 0 Å². The lowest BCUT2D eigenvalue weighted by Crippen LogP contribution is -2.45. The number of rotatable bonds is 8. The van der Waals surface area contributed by atoms with E-state index in [4.69, 9.17) is 9.73 Å². The molecule has 1 aromatic carbocycles. The summed E-state index contributed by atoms with van der Waals surface area (Å²) < 4.78 is 5.22. The molecule has 2 heterocycles. The van der Waals surface area contributed by atoms with Crippen LogP contribution in [-0.2, 0) is 13.0 Å². The van der Waals surface area contributed by atoms with E-state index in [1.807, 2.05) is 24.4 Å². The number of likely N-dealkylation sites (N-methyl/N-ethyl adjacent to an activating group) is 1. The van der Waals surface area contributed by atoms with Gasteiger partial charge >= 0.3 is 0 Å². The number of ether oxygens (including phenoxy) is 1. The minimum atomic E-state index is 0. The predicted octanol–water partition coefficient (Wildman–Crippen LogP) is 2.76. The molecule has 7 nitrogen and oxygen atoms in total. The molecule has 170 valence electrons. The van der Waals surface area contributed by atoms with Crippen molar-refractivity contribution in [1.82, 2.24) is 20.5 Å². The third-order valence-electron chi connectivity index (χ3n) is 5.29. The van der Waals surface area contributed by atoms with Gasteiger partial charge in [-0.3, -0.25) is 0 Å². The Labute approximate surface area is 203 Å². The van der Waals surface area contributed by atoms with Crippen LogP contribution in [0.15, 0.2) is 47.6 Å². The molecule has 31 heavy (non-hydrogen) atoms. The Morgan fingerprint density at radius 3 is 2.52 bits per heavy atom. The lowest BCUT2D eigenvalue weighted by Gasteiger charge is -2.34. The highest BCUT2D eigenvalue weighted by molar-refractivity contribution is 14.0. The summed E-state index contributed by atoms with van der Waals surface area (Å²) in [5.41, 5.74) is 2.43. The van der Waals surface area contributed by atoms with Gasteiger partial charge in [-0.15, -0.1) is 24.0 Å². The number of benzene rings is 1. The highest BCUT2D eigenvalue weighted by Crippen LogP contribution is 2.19. The molecule has 1 fully saturated rings. The standard InChI is InChI=1S/C23H34N6O.HI/c1-4-24-23(26-13-11-19-7-9-21(30-3)10-8-19)27-18-20-6-5-12-25-22(20)29-16-14-28(2)15-17-29;/h5-10,12H,4,11,13-18H2,1-3H3,(H2,24,26,27);1H. The van der Waals surface area contributed by atoms with Crippen molar-refractivity contribution >= 4 is 35.8 Å². The van der Waals surface area contributed by atoms with E-state index in [2.05, 4.69) is 57.6 Å². The molecule has 0 atom stereocenters. The van der Waals surface area contributed by atoms with E-state index < -0.39 is 0 Å². The Morgan fingerprint density at radius 2 is 1.84 bits per heavy atom. The lowest BCUT2D eigenvalue weighted by molar-refractivity contribution is 0.312. The number of piperazine rings is 1. The first-order valence-corrected chi connectivity index (χ1v) is 10.7. The first-order chi connectivity index (χ1) is 14.7. The van der Waals surface area contributed by atoms with Crippen LogP contribution in [0.2, 0.25) is 0 Å². The average molecular weight is 538 g/mol. The second-order valence-corrected chi connectivity index (χ2v) is 7.50. The number of hydrogen-bond acceptors (Lipinski definition) is 5. The minimum absolute atomic E-state index is 0. The van der Waals surface area contributed by atoms with Gasteiger partial charge in [0.05, 0.1) is 13.7 Å². The third-order valence-corrected chi connectivity index (χ3v) is 5.29. The van der Waals surface area contributed by atoms with Gasteiger partial charge in [-0.2, -0.15) is 0 Å². The van der Waals surface area contributed by atoms with E-state index >= 15 is 0 Å². The zero-order chi connectivity index (χ0) is 21.2. The molecule has 0 saturated carbocycles. The quantitative estimate of drug-likeness (QED) is 0.306. The van der Waals surface area contributed by atoms with Crippen LogP contribution in [0.3, 0.4) is 0 Å². The van der Waals surface area contributed by atoms with Crippen LogP contribution >= 0.6 is 24.0 Å². The van der Waals surface area contributed by atoms with Crippen molar-refractivity contribution in [3.05, 3.63) is 53.7 Å². The fraction of sp³-hybridized carbons (Fsp3) is 0.478. The van der Waals surface area contributed by atoms with E-state index in [1.165, 1.54) is 5.56 Å². The number of nitrogens with one attached hydrogen (secondary N) is 2. The summed E-state index contributed by atoms with van der Waals surface area (Å²) in [6, 6.07) is 12.3. The summed E-state index contributed by atoms with van der Waals surface area (Å²) in [7, 11) is 3.86. The number of aliphatic imine (C=N–C) groups is 1. The summed E-state index contributed by atoms with van der Waals surface area (Å²) in [6.45, 7) is 8.47. The summed E-state index contributed by atoms with van der Waals surface area (Å²) in [5.74, 6) is 2.77. The molecule has 0 radical (unpaired) electrons. The van der Waals surface area contributed by atoms with E-state index in [1.54, 1.807) is 7.11 Å². The maximum Gasteiger partial charge on any atom is 0.191 e. The molecule has 0 bridgehead atoms. The van der Waals surface area contributed by atoms with Crippen LogP contribution in [0, 0.1) is 0 Å². The predicted molar refractivity (Wildman–Crippen MR) is 139 cm³/mol. The SMILES string of the molecule is CCNC(=NCc1cccnc1N1CCN(C)CC1)NCCc1ccc(OC)cc1.I. The molecule has 1 saturated heterocycles. The Kier molecular flexibility index (Phi) is 10.9. The Bertz CT molecular complexity index is 806. The zero-order valence-electron chi connectivity index (χ0n) is 18.8. The van der Waals surface area contributed by atoms with Gasteiger partial charge in [0.2, 0.25) is 0 Å². The van der Waals surface area contributed by atoms with E-state index in [9.17, 15) is 0 Å². The number of aromatic nitrogens is 1. The lowest BCUT2D eigenvalue weighted by atomic mass is 10.1. The van der Waals surface area contributed by atoms with Gasteiger partial charge in [0.25, 0.3) is 0 Å². The number of methoxy groups -OCH3 is 1. The van der Waals surface area contributed by atoms with Crippen LogP contribution in [-0.4, -0.2) is 69.3 Å². The minimum Gasteiger partial charge on any atom is -0.497 e. The number of anilines is 1. The molecule has 1 aliphatic heterocycles. The normalized spacial score (nSPS) is 14.7. The topological polar surface area (TPSA) is 65.0 Å². The van der Waals surface area contributed by atoms with Crippen molar-refractivity contribution < 1.29 is 4.74 Å². The monoisotopic (exact) mass is 538 g/mol. The van der Waals surface area contributed by atoms with E-state index in [0.29, 0.717) is 6.54 Å². The third kappa shape index (κ3) is 7.84. The summed E-state index contributed by atoms with van der Waals surface area (Å²) in [4.78, 5) is 14.2. The van der Waals surface area contributed by atoms with Gasteiger partial charge in [-0.25, -0.2) is 9.98 Å². The average Bonchev–Trinajstić information content (AvgIpc) is 2.79. The van der Waals surface area contributed by atoms with Gasteiger partial charge in [-0.1, -0.05) is 18.2 Å². The van der Waals surface area contributed by atoms with Gasteiger partial charge in [0, 0.05) is 51.0 Å². The Balaban J connectivity index is 0.00000341. The van der Waals surface area contributed by atoms with Crippen molar-refractivity contribution in [2.24, 2.45) is 4.99 Å². The van der Waals surface area contributed by atoms with Gasteiger partial charge in [-0.05, 0) is 44.2 Å². The second kappa shape index (κ2) is 13.4. The summed E-state index contributed by atoms with van der Waals surface area (Å²) in [5, 5.41) is 6.78. The van der Waals surface area contributed by atoms with Crippen molar-refractivity contribution in [1.29, 1.82) is 0 Å². The van der Waals surface area contributed by atoms with Crippen molar-refractivity contribution in [2.45, 2.75) is 19.9 Å². The highest BCUT2D eigenvalue weighted by Gasteiger charge is 2.17. The summed E-state index contributed by atoms with van der Waals surface area (Å²) in [6.07, 6.45) is 2.80. The molecular weight excluding hydrogens is 503 g/mol. The molecule has 1 aliphatic rings. The van der Waals surface area contributed by atoms with Crippen molar-refractivity contribution in [2.75, 3.05) is 58.3 Å². The number of pyridine rings is 1. The molecule has 0 amide bonds. The first kappa shape index (κ1) is 25.2. The largest absolute Gasteiger partial charge is 0.497 e. The number of nitrogens with zero attached hydrogens (tertiary/aromatic N) is 4. The number of halogens is 1. The maximum atomic E-state index is 5.22. The maximum absolute atomic E-state index is 5.22.